The number of aromatic nitrogens is 1. The lowest BCUT2D eigenvalue weighted by Gasteiger charge is -2.04. The van der Waals surface area contributed by atoms with Gasteiger partial charge in [-0.3, -0.25) is 0 Å². The summed E-state index contributed by atoms with van der Waals surface area (Å²) < 4.78 is 0. The van der Waals surface area contributed by atoms with Crippen molar-refractivity contribution in [2.75, 3.05) is 0 Å². The molecule has 0 saturated heterocycles. The molecular weight excluding hydrogens is 206 g/mol. The SMILES string of the molecule is CC1=C(c2[nH]cc(C)c2C)Cc2ccccc21. The van der Waals surface area contributed by atoms with Crippen molar-refractivity contribution in [3.63, 3.8) is 0 Å². The fraction of sp³-hybridized carbons (Fsp3) is 0.250. The summed E-state index contributed by atoms with van der Waals surface area (Å²) >= 11 is 0. The summed E-state index contributed by atoms with van der Waals surface area (Å²) in [5.74, 6) is 0. The van der Waals surface area contributed by atoms with Crippen LogP contribution in [-0.4, -0.2) is 4.98 Å². The summed E-state index contributed by atoms with van der Waals surface area (Å²) in [7, 11) is 0. The molecule has 0 bridgehead atoms. The van der Waals surface area contributed by atoms with Crippen molar-refractivity contribution in [2.45, 2.75) is 27.2 Å². The van der Waals surface area contributed by atoms with Gasteiger partial charge in [0.25, 0.3) is 0 Å². The van der Waals surface area contributed by atoms with E-state index in [1.54, 1.807) is 0 Å². The molecule has 1 aliphatic rings. The van der Waals surface area contributed by atoms with Crippen molar-refractivity contribution in [3.05, 3.63) is 58.4 Å². The minimum Gasteiger partial charge on any atom is -0.361 e. The van der Waals surface area contributed by atoms with Crippen LogP contribution in [-0.2, 0) is 6.42 Å². The molecule has 1 N–H and O–H groups in total. The van der Waals surface area contributed by atoms with Crippen LogP contribution >= 0.6 is 0 Å². The van der Waals surface area contributed by atoms with Crippen LogP contribution in [0.5, 0.6) is 0 Å². The second kappa shape index (κ2) is 3.63. The first-order valence-electron chi connectivity index (χ1n) is 6.11. The Morgan fingerprint density at radius 2 is 1.82 bits per heavy atom. The van der Waals surface area contributed by atoms with Crippen molar-refractivity contribution >= 4 is 11.1 Å². The Bertz CT molecular complexity index is 614. The highest BCUT2D eigenvalue weighted by Crippen LogP contribution is 2.38. The highest BCUT2D eigenvalue weighted by atomic mass is 14.7. The molecule has 0 radical (unpaired) electrons. The maximum absolute atomic E-state index is 3.42. The van der Waals surface area contributed by atoms with Gasteiger partial charge in [0.05, 0.1) is 0 Å². The quantitative estimate of drug-likeness (QED) is 0.748. The fourth-order valence-corrected chi connectivity index (χ4v) is 2.71. The van der Waals surface area contributed by atoms with Crippen LogP contribution in [0.2, 0.25) is 0 Å². The van der Waals surface area contributed by atoms with E-state index in [-0.39, 0.29) is 0 Å². The minimum absolute atomic E-state index is 1.06. The maximum atomic E-state index is 3.42. The van der Waals surface area contributed by atoms with Gasteiger partial charge in [-0.1, -0.05) is 24.3 Å². The average molecular weight is 223 g/mol. The van der Waals surface area contributed by atoms with E-state index in [1.807, 2.05) is 0 Å². The van der Waals surface area contributed by atoms with Gasteiger partial charge in [0, 0.05) is 18.3 Å². The van der Waals surface area contributed by atoms with Crippen molar-refractivity contribution in [3.8, 4) is 0 Å². The smallest absolute Gasteiger partial charge is 0.0451 e. The molecule has 0 spiro atoms. The lowest BCUT2D eigenvalue weighted by atomic mass is 10.0. The fourth-order valence-electron chi connectivity index (χ4n) is 2.71. The van der Waals surface area contributed by atoms with E-state index < -0.39 is 0 Å². The Hall–Kier alpha value is -1.76. The zero-order valence-corrected chi connectivity index (χ0v) is 10.6. The number of aryl methyl sites for hydroxylation is 1. The van der Waals surface area contributed by atoms with E-state index in [0.29, 0.717) is 0 Å². The molecule has 2 aromatic rings. The normalized spacial score (nSPS) is 14.3. The standard InChI is InChI=1S/C16H17N/c1-10-9-17-16(11(10)2)15-8-13-6-4-5-7-14(13)12(15)3/h4-7,9,17H,8H2,1-3H3. The summed E-state index contributed by atoms with van der Waals surface area (Å²) in [6, 6.07) is 8.71. The van der Waals surface area contributed by atoms with Crippen molar-refractivity contribution in [1.29, 1.82) is 0 Å². The average Bonchev–Trinajstić information content (AvgIpc) is 2.83. The van der Waals surface area contributed by atoms with Crippen LogP contribution in [0.15, 0.2) is 30.5 Å². The molecule has 1 aromatic heterocycles. The minimum atomic E-state index is 1.06. The number of benzene rings is 1. The predicted octanol–water partition coefficient (Wildman–Crippen LogP) is 4.12. The third-order valence-electron chi connectivity index (χ3n) is 3.94. The van der Waals surface area contributed by atoms with Crippen molar-refractivity contribution < 1.29 is 0 Å². The second-order valence-electron chi connectivity index (χ2n) is 4.91. The largest absolute Gasteiger partial charge is 0.361 e. The Kier molecular flexibility index (Phi) is 2.22. The Balaban J connectivity index is 2.14. The Morgan fingerprint density at radius 3 is 2.47 bits per heavy atom. The van der Waals surface area contributed by atoms with E-state index in [9.17, 15) is 0 Å². The molecule has 17 heavy (non-hydrogen) atoms. The summed E-state index contributed by atoms with van der Waals surface area (Å²) in [5, 5.41) is 0. The molecular formula is C16H17N. The van der Waals surface area contributed by atoms with E-state index in [2.05, 4.69) is 56.2 Å². The summed E-state index contributed by atoms with van der Waals surface area (Å²) in [4.78, 5) is 3.42. The first-order chi connectivity index (χ1) is 8.18. The van der Waals surface area contributed by atoms with Gasteiger partial charge < -0.3 is 4.98 Å². The highest BCUT2D eigenvalue weighted by Gasteiger charge is 2.21. The molecule has 0 fully saturated rings. The number of hydrogen-bond donors (Lipinski definition) is 1. The molecule has 1 nitrogen and oxygen atoms in total. The molecule has 0 aliphatic heterocycles. The van der Waals surface area contributed by atoms with Crippen LogP contribution in [0.1, 0.15) is 34.9 Å². The van der Waals surface area contributed by atoms with Gasteiger partial charge in [0.1, 0.15) is 0 Å². The van der Waals surface area contributed by atoms with Crippen molar-refractivity contribution in [2.24, 2.45) is 0 Å². The van der Waals surface area contributed by atoms with Crippen LogP contribution in [0, 0.1) is 13.8 Å². The third-order valence-corrected chi connectivity index (χ3v) is 3.94. The van der Waals surface area contributed by atoms with Gasteiger partial charge in [-0.25, -0.2) is 0 Å². The number of fused-ring (bicyclic) bond motifs is 1. The zero-order chi connectivity index (χ0) is 12.0. The van der Waals surface area contributed by atoms with E-state index in [4.69, 9.17) is 0 Å². The molecule has 1 aliphatic carbocycles. The number of H-pyrrole nitrogens is 1. The van der Waals surface area contributed by atoms with Gasteiger partial charge in [-0.2, -0.15) is 0 Å². The number of allylic oxidation sites excluding steroid dienone is 2. The molecule has 1 heterocycles. The second-order valence-corrected chi connectivity index (χ2v) is 4.91. The predicted molar refractivity (Wildman–Crippen MR) is 72.9 cm³/mol. The lowest BCUT2D eigenvalue weighted by molar-refractivity contribution is 1.24. The van der Waals surface area contributed by atoms with Gasteiger partial charge in [-0.15, -0.1) is 0 Å². The van der Waals surface area contributed by atoms with Crippen LogP contribution in [0.25, 0.3) is 11.1 Å². The summed E-state index contributed by atoms with van der Waals surface area (Å²) in [6.45, 7) is 6.59. The van der Waals surface area contributed by atoms with E-state index >= 15 is 0 Å². The number of nitrogens with one attached hydrogen (secondary N) is 1. The van der Waals surface area contributed by atoms with Crippen LogP contribution in [0.4, 0.5) is 0 Å². The number of hydrogen-bond acceptors (Lipinski definition) is 0. The lowest BCUT2D eigenvalue weighted by Crippen LogP contribution is -1.89. The molecule has 3 rings (SSSR count). The van der Waals surface area contributed by atoms with Gasteiger partial charge in [0.15, 0.2) is 0 Å². The zero-order valence-electron chi connectivity index (χ0n) is 10.6. The molecule has 0 amide bonds. The van der Waals surface area contributed by atoms with Gasteiger partial charge >= 0.3 is 0 Å². The first kappa shape index (κ1) is 10.4. The van der Waals surface area contributed by atoms with Crippen molar-refractivity contribution in [1.82, 2.24) is 4.98 Å². The van der Waals surface area contributed by atoms with Gasteiger partial charge in [0.2, 0.25) is 0 Å². The highest BCUT2D eigenvalue weighted by molar-refractivity contribution is 5.96. The topological polar surface area (TPSA) is 15.8 Å². The summed E-state index contributed by atoms with van der Waals surface area (Å²) in [5.41, 5.74) is 9.78. The maximum Gasteiger partial charge on any atom is 0.0451 e. The van der Waals surface area contributed by atoms with Crippen LogP contribution < -0.4 is 0 Å². The van der Waals surface area contributed by atoms with E-state index in [0.717, 1.165) is 6.42 Å². The van der Waals surface area contributed by atoms with E-state index in [1.165, 1.54) is 39.1 Å². The molecule has 1 aromatic carbocycles. The third kappa shape index (κ3) is 1.46. The Morgan fingerprint density at radius 1 is 1.06 bits per heavy atom. The summed E-state index contributed by atoms with van der Waals surface area (Å²) in [6.07, 6.45) is 3.16. The number of rotatable bonds is 1. The Labute approximate surface area is 102 Å². The first-order valence-corrected chi connectivity index (χ1v) is 6.11. The molecule has 86 valence electrons. The van der Waals surface area contributed by atoms with Crippen LogP contribution in [0.3, 0.4) is 0 Å². The number of aromatic amines is 1. The molecule has 1 heteroatoms. The van der Waals surface area contributed by atoms with Gasteiger partial charge in [-0.05, 0) is 54.2 Å². The molecule has 0 unspecified atom stereocenters. The molecule has 0 saturated carbocycles. The monoisotopic (exact) mass is 223 g/mol. The molecule has 0 atom stereocenters.